The lowest BCUT2D eigenvalue weighted by Gasteiger charge is -2.24. The van der Waals surface area contributed by atoms with Gasteiger partial charge in [0.25, 0.3) is 0 Å². The quantitative estimate of drug-likeness (QED) is 0.147. The monoisotopic (exact) mass is 483 g/mol. The summed E-state index contributed by atoms with van der Waals surface area (Å²) in [7, 11) is 0. The van der Waals surface area contributed by atoms with Gasteiger partial charge in [0, 0.05) is 18.6 Å². The minimum absolute atomic E-state index is 0.00181. The van der Waals surface area contributed by atoms with Crippen molar-refractivity contribution < 1.29 is 34.2 Å². The Morgan fingerprint density at radius 3 is 2.06 bits per heavy atom. The van der Waals surface area contributed by atoms with Gasteiger partial charge in [-0.05, 0) is 31.0 Å². The van der Waals surface area contributed by atoms with E-state index in [1.807, 2.05) is 0 Å². The van der Waals surface area contributed by atoms with Crippen molar-refractivity contribution >= 4 is 42.2 Å². The molecule has 0 bridgehead atoms. The molecule has 0 fully saturated rings. The number of primary amides is 1. The number of phenols is 1. The highest BCUT2D eigenvalue weighted by molar-refractivity contribution is 7.80. The molecular formula is C20H29N5O7S. The molecule has 33 heavy (non-hydrogen) atoms. The van der Waals surface area contributed by atoms with Gasteiger partial charge >= 0.3 is 5.97 Å². The molecule has 1 rings (SSSR count). The number of hydrogen-bond donors (Lipinski definition) is 8. The summed E-state index contributed by atoms with van der Waals surface area (Å²) >= 11 is 3.92. The smallest absolute Gasteiger partial charge is 0.326 e. The molecule has 1 aromatic carbocycles. The average molecular weight is 484 g/mol. The Morgan fingerprint density at radius 2 is 1.55 bits per heavy atom. The molecule has 0 saturated carbocycles. The van der Waals surface area contributed by atoms with Crippen LogP contribution in [0.15, 0.2) is 24.3 Å². The average Bonchev–Trinajstić information content (AvgIpc) is 2.76. The summed E-state index contributed by atoms with van der Waals surface area (Å²) < 4.78 is 0. The highest BCUT2D eigenvalue weighted by atomic mass is 32.1. The molecule has 0 radical (unpaired) electrons. The van der Waals surface area contributed by atoms with Crippen molar-refractivity contribution in [3.05, 3.63) is 29.8 Å². The molecule has 4 atom stereocenters. The van der Waals surface area contributed by atoms with E-state index in [1.165, 1.54) is 31.2 Å². The highest BCUT2D eigenvalue weighted by Crippen LogP contribution is 2.12. The Labute approximate surface area is 195 Å². The first kappa shape index (κ1) is 27.7. The maximum absolute atomic E-state index is 12.8. The van der Waals surface area contributed by atoms with E-state index in [0.29, 0.717) is 5.56 Å². The number of thiol groups is 1. The number of rotatable bonds is 13. The number of aromatic hydroxyl groups is 1. The molecule has 1 aromatic rings. The SMILES string of the molecule is CC(NC(=O)C(N)CS)C(=O)NC(Cc1ccc(O)cc1)C(=O)NC(CCC(N)=O)C(=O)O. The predicted octanol–water partition coefficient (Wildman–Crippen LogP) is -1.98. The van der Waals surface area contributed by atoms with Gasteiger partial charge in [-0.2, -0.15) is 12.6 Å². The van der Waals surface area contributed by atoms with Crippen molar-refractivity contribution in [3.63, 3.8) is 0 Å². The number of hydrogen-bond acceptors (Lipinski definition) is 8. The van der Waals surface area contributed by atoms with E-state index in [2.05, 4.69) is 28.6 Å². The van der Waals surface area contributed by atoms with Gasteiger partial charge in [-0.25, -0.2) is 4.79 Å². The Kier molecular flexibility index (Phi) is 11.2. The molecular weight excluding hydrogens is 454 g/mol. The van der Waals surface area contributed by atoms with Crippen molar-refractivity contribution in [2.45, 2.75) is 50.4 Å². The van der Waals surface area contributed by atoms with Crippen LogP contribution in [0.5, 0.6) is 5.75 Å². The number of amides is 4. The number of carboxylic acids is 1. The van der Waals surface area contributed by atoms with E-state index in [-0.39, 0.29) is 30.8 Å². The van der Waals surface area contributed by atoms with Gasteiger partial charge in [0.2, 0.25) is 23.6 Å². The van der Waals surface area contributed by atoms with Crippen molar-refractivity contribution in [3.8, 4) is 5.75 Å². The van der Waals surface area contributed by atoms with Crippen LogP contribution in [-0.2, 0) is 30.4 Å². The number of carbonyl (C=O) groups excluding carboxylic acids is 4. The lowest BCUT2D eigenvalue weighted by atomic mass is 10.0. The Balaban J connectivity index is 2.99. The van der Waals surface area contributed by atoms with E-state index in [4.69, 9.17) is 11.5 Å². The molecule has 0 aliphatic carbocycles. The van der Waals surface area contributed by atoms with Crippen LogP contribution in [0.25, 0.3) is 0 Å². The van der Waals surface area contributed by atoms with Crippen molar-refractivity contribution in [2.24, 2.45) is 11.5 Å². The van der Waals surface area contributed by atoms with Crippen LogP contribution in [0, 0.1) is 0 Å². The normalized spacial score (nSPS) is 14.3. The van der Waals surface area contributed by atoms with Gasteiger partial charge in [-0.3, -0.25) is 19.2 Å². The van der Waals surface area contributed by atoms with Gasteiger partial charge in [0.15, 0.2) is 0 Å². The third-order valence-corrected chi connectivity index (χ3v) is 4.98. The Bertz CT molecular complexity index is 865. The van der Waals surface area contributed by atoms with E-state index < -0.39 is 53.8 Å². The summed E-state index contributed by atoms with van der Waals surface area (Å²) in [4.78, 5) is 59.8. The fourth-order valence-electron chi connectivity index (χ4n) is 2.66. The predicted molar refractivity (Wildman–Crippen MR) is 121 cm³/mol. The zero-order valence-corrected chi connectivity index (χ0v) is 18.9. The number of aliphatic carboxylic acids is 1. The number of carboxylic acid groups (broad SMARTS) is 1. The number of carbonyl (C=O) groups is 5. The standard InChI is InChI=1S/C20H29N5O7S/c1-10(23-18(29)13(21)9-33)17(28)25-15(8-11-2-4-12(26)5-3-11)19(30)24-14(20(31)32)6-7-16(22)27/h2-5,10,13-15,26,33H,6-9,21H2,1H3,(H2,22,27)(H,23,29)(H,24,30)(H,25,28)(H,31,32). The summed E-state index contributed by atoms with van der Waals surface area (Å²) in [6, 6.07) is 1.22. The number of benzene rings is 1. The zero-order valence-electron chi connectivity index (χ0n) is 18.0. The van der Waals surface area contributed by atoms with Gasteiger partial charge in [0.1, 0.15) is 23.9 Å². The third kappa shape index (κ3) is 9.78. The van der Waals surface area contributed by atoms with Crippen LogP contribution in [-0.4, -0.2) is 69.7 Å². The maximum Gasteiger partial charge on any atom is 0.326 e. The fraction of sp³-hybridized carbons (Fsp3) is 0.450. The summed E-state index contributed by atoms with van der Waals surface area (Å²) in [5.41, 5.74) is 11.2. The van der Waals surface area contributed by atoms with Gasteiger partial charge in [-0.1, -0.05) is 12.1 Å². The lowest BCUT2D eigenvalue weighted by Crippen LogP contribution is -2.57. The van der Waals surface area contributed by atoms with Crippen LogP contribution in [0.3, 0.4) is 0 Å². The molecule has 0 aliphatic rings. The molecule has 0 aliphatic heterocycles. The van der Waals surface area contributed by atoms with E-state index in [9.17, 15) is 34.2 Å². The van der Waals surface area contributed by atoms with Crippen molar-refractivity contribution in [2.75, 3.05) is 5.75 Å². The Hall–Kier alpha value is -3.32. The van der Waals surface area contributed by atoms with E-state index in [0.717, 1.165) is 0 Å². The first-order valence-corrected chi connectivity index (χ1v) is 10.6. The number of phenolic OH excluding ortho intramolecular Hbond substituents is 1. The summed E-state index contributed by atoms with van der Waals surface area (Å²) in [5.74, 6) is -4.18. The molecule has 0 saturated heterocycles. The largest absolute Gasteiger partial charge is 0.508 e. The summed E-state index contributed by atoms with van der Waals surface area (Å²) in [6.45, 7) is 1.39. The van der Waals surface area contributed by atoms with Crippen LogP contribution in [0.4, 0.5) is 0 Å². The number of nitrogens with two attached hydrogens (primary N) is 2. The molecule has 13 heteroatoms. The summed E-state index contributed by atoms with van der Waals surface area (Å²) in [5, 5.41) is 25.9. The molecule has 0 aromatic heterocycles. The minimum atomic E-state index is -1.41. The molecule has 4 unspecified atom stereocenters. The van der Waals surface area contributed by atoms with Crippen molar-refractivity contribution in [1.82, 2.24) is 16.0 Å². The number of nitrogens with one attached hydrogen (secondary N) is 3. The topological polar surface area (TPSA) is 214 Å². The molecule has 182 valence electrons. The van der Waals surface area contributed by atoms with Gasteiger partial charge in [-0.15, -0.1) is 0 Å². The first-order chi connectivity index (χ1) is 15.4. The molecule has 0 spiro atoms. The zero-order chi connectivity index (χ0) is 25.1. The molecule has 12 nitrogen and oxygen atoms in total. The van der Waals surface area contributed by atoms with Crippen LogP contribution in [0.1, 0.15) is 25.3 Å². The third-order valence-electron chi connectivity index (χ3n) is 4.59. The maximum atomic E-state index is 12.8. The molecule has 0 heterocycles. The van der Waals surface area contributed by atoms with Crippen LogP contribution >= 0.6 is 12.6 Å². The van der Waals surface area contributed by atoms with E-state index >= 15 is 0 Å². The fourth-order valence-corrected chi connectivity index (χ4v) is 2.82. The lowest BCUT2D eigenvalue weighted by molar-refractivity contribution is -0.142. The Morgan fingerprint density at radius 1 is 0.970 bits per heavy atom. The van der Waals surface area contributed by atoms with Gasteiger partial charge < -0.3 is 37.6 Å². The molecule has 4 amide bonds. The van der Waals surface area contributed by atoms with Crippen molar-refractivity contribution in [1.29, 1.82) is 0 Å². The molecule has 9 N–H and O–H groups in total. The van der Waals surface area contributed by atoms with Gasteiger partial charge in [0.05, 0.1) is 6.04 Å². The van der Waals surface area contributed by atoms with Crippen LogP contribution < -0.4 is 27.4 Å². The van der Waals surface area contributed by atoms with Crippen LogP contribution in [0.2, 0.25) is 0 Å². The van der Waals surface area contributed by atoms with E-state index in [1.54, 1.807) is 0 Å². The second kappa shape index (κ2) is 13.3. The highest BCUT2D eigenvalue weighted by Gasteiger charge is 2.29. The minimum Gasteiger partial charge on any atom is -0.508 e. The first-order valence-electron chi connectivity index (χ1n) is 10.0. The second-order valence-corrected chi connectivity index (χ2v) is 7.72. The second-order valence-electron chi connectivity index (χ2n) is 7.36. The summed E-state index contributed by atoms with van der Waals surface area (Å²) in [6.07, 6.45) is -0.540.